The summed E-state index contributed by atoms with van der Waals surface area (Å²) in [7, 11) is 0. The summed E-state index contributed by atoms with van der Waals surface area (Å²) in [5.41, 5.74) is 5.67. The van der Waals surface area contributed by atoms with Gasteiger partial charge in [0.05, 0.1) is 12.2 Å². The maximum Gasteiger partial charge on any atom is 0.320 e. The van der Waals surface area contributed by atoms with E-state index in [0.717, 1.165) is 25.7 Å². The van der Waals surface area contributed by atoms with Crippen molar-refractivity contribution in [1.82, 2.24) is 0 Å². The molecule has 0 aromatic rings. The lowest BCUT2D eigenvalue weighted by atomic mass is 9.84. The molecule has 0 aliphatic carbocycles. The van der Waals surface area contributed by atoms with E-state index in [9.17, 15) is 4.79 Å². The Morgan fingerprint density at radius 2 is 1.87 bits per heavy atom. The Morgan fingerprint density at radius 3 is 2.20 bits per heavy atom. The third-order valence-electron chi connectivity index (χ3n) is 3.22. The molecule has 4 heteroatoms. The van der Waals surface area contributed by atoms with Gasteiger partial charge in [0.25, 0.3) is 0 Å². The zero-order valence-electron chi connectivity index (χ0n) is 9.48. The highest BCUT2D eigenvalue weighted by Gasteiger charge is 2.33. The second kappa shape index (κ2) is 5.47. The maximum atomic E-state index is 10.8. The van der Waals surface area contributed by atoms with E-state index in [1.165, 1.54) is 0 Å². The second-order valence-electron chi connectivity index (χ2n) is 4.29. The molecule has 0 radical (unpaired) electrons. The highest BCUT2D eigenvalue weighted by molar-refractivity contribution is 5.73. The molecule has 1 aliphatic rings. The molecule has 0 aromatic heterocycles. The molecular weight excluding hydrogens is 194 g/mol. The van der Waals surface area contributed by atoms with E-state index >= 15 is 0 Å². The van der Waals surface area contributed by atoms with Crippen molar-refractivity contribution < 1.29 is 14.6 Å². The highest BCUT2D eigenvalue weighted by Crippen LogP contribution is 2.29. The van der Waals surface area contributed by atoms with Gasteiger partial charge in [-0.1, -0.05) is 13.8 Å². The van der Waals surface area contributed by atoms with Crippen molar-refractivity contribution >= 4 is 5.97 Å². The van der Waals surface area contributed by atoms with Crippen molar-refractivity contribution in [1.29, 1.82) is 0 Å². The first-order valence-electron chi connectivity index (χ1n) is 5.72. The van der Waals surface area contributed by atoms with Crippen molar-refractivity contribution in [3.63, 3.8) is 0 Å². The monoisotopic (exact) mass is 215 g/mol. The minimum absolute atomic E-state index is 0.0612. The van der Waals surface area contributed by atoms with Crippen LogP contribution in [0.4, 0.5) is 0 Å². The van der Waals surface area contributed by atoms with Crippen LogP contribution in [0.1, 0.15) is 39.5 Å². The SMILES string of the molecule is CCC1CC(C(N)C(=O)O)CC(CC)O1. The van der Waals surface area contributed by atoms with Crippen molar-refractivity contribution in [2.45, 2.75) is 57.8 Å². The zero-order chi connectivity index (χ0) is 11.4. The molecule has 1 fully saturated rings. The number of hydrogen-bond acceptors (Lipinski definition) is 3. The molecule has 1 aliphatic heterocycles. The average molecular weight is 215 g/mol. The number of aliphatic carboxylic acids is 1. The maximum absolute atomic E-state index is 10.8. The summed E-state index contributed by atoms with van der Waals surface area (Å²) in [4.78, 5) is 10.8. The van der Waals surface area contributed by atoms with Gasteiger partial charge in [0.2, 0.25) is 0 Å². The highest BCUT2D eigenvalue weighted by atomic mass is 16.5. The number of carbonyl (C=O) groups is 1. The van der Waals surface area contributed by atoms with Crippen LogP contribution >= 0.6 is 0 Å². The average Bonchev–Trinajstić information content (AvgIpc) is 2.27. The lowest BCUT2D eigenvalue weighted by molar-refractivity contribution is -0.143. The van der Waals surface area contributed by atoms with Crippen LogP contribution in [0.15, 0.2) is 0 Å². The molecule has 1 heterocycles. The molecule has 0 aromatic carbocycles. The van der Waals surface area contributed by atoms with Crippen LogP contribution in [-0.2, 0) is 9.53 Å². The molecule has 0 bridgehead atoms. The molecule has 15 heavy (non-hydrogen) atoms. The lowest BCUT2D eigenvalue weighted by Gasteiger charge is -2.36. The number of carboxylic acids is 1. The predicted octanol–water partition coefficient (Wildman–Crippen LogP) is 1.38. The Kier molecular flexibility index (Phi) is 4.54. The third kappa shape index (κ3) is 3.18. The van der Waals surface area contributed by atoms with Gasteiger partial charge in [0.1, 0.15) is 6.04 Å². The van der Waals surface area contributed by atoms with Gasteiger partial charge in [-0.05, 0) is 31.6 Å². The number of ether oxygens (including phenoxy) is 1. The first-order chi connectivity index (χ1) is 7.08. The Hall–Kier alpha value is -0.610. The molecule has 0 spiro atoms. The van der Waals surface area contributed by atoms with Crippen LogP contribution in [0.25, 0.3) is 0 Å². The summed E-state index contributed by atoms with van der Waals surface area (Å²) in [5.74, 6) is -0.835. The predicted molar refractivity (Wildman–Crippen MR) is 57.6 cm³/mol. The summed E-state index contributed by atoms with van der Waals surface area (Å²) in [6, 6.07) is -0.739. The summed E-state index contributed by atoms with van der Waals surface area (Å²) in [6.45, 7) is 4.12. The molecule has 3 unspecified atom stereocenters. The van der Waals surface area contributed by atoms with Gasteiger partial charge in [-0.15, -0.1) is 0 Å². The smallest absolute Gasteiger partial charge is 0.320 e. The molecule has 4 nitrogen and oxygen atoms in total. The zero-order valence-corrected chi connectivity index (χ0v) is 9.48. The van der Waals surface area contributed by atoms with Crippen LogP contribution in [0.5, 0.6) is 0 Å². The molecule has 0 amide bonds. The Labute approximate surface area is 90.8 Å². The molecule has 3 atom stereocenters. The van der Waals surface area contributed by atoms with Gasteiger partial charge in [0, 0.05) is 0 Å². The fraction of sp³-hybridized carbons (Fsp3) is 0.909. The minimum atomic E-state index is -0.897. The summed E-state index contributed by atoms with van der Waals surface area (Å²) >= 11 is 0. The van der Waals surface area contributed by atoms with Gasteiger partial charge in [-0.25, -0.2) is 0 Å². The summed E-state index contributed by atoms with van der Waals surface area (Å²) in [6.07, 6.45) is 3.78. The summed E-state index contributed by atoms with van der Waals surface area (Å²) < 4.78 is 5.80. The normalized spacial score (nSPS) is 33.7. The first kappa shape index (κ1) is 12.5. The molecule has 1 saturated heterocycles. The second-order valence-corrected chi connectivity index (χ2v) is 4.29. The number of hydrogen-bond donors (Lipinski definition) is 2. The fourth-order valence-electron chi connectivity index (χ4n) is 2.18. The van der Waals surface area contributed by atoms with Crippen LogP contribution in [0, 0.1) is 5.92 Å². The lowest BCUT2D eigenvalue weighted by Crippen LogP contribution is -2.45. The van der Waals surface area contributed by atoms with Crippen molar-refractivity contribution in [2.75, 3.05) is 0 Å². The third-order valence-corrected chi connectivity index (χ3v) is 3.22. The molecule has 1 rings (SSSR count). The van der Waals surface area contributed by atoms with Crippen molar-refractivity contribution in [2.24, 2.45) is 11.7 Å². The van der Waals surface area contributed by atoms with E-state index in [1.54, 1.807) is 0 Å². The fourth-order valence-corrected chi connectivity index (χ4v) is 2.18. The number of carboxylic acid groups (broad SMARTS) is 1. The van der Waals surface area contributed by atoms with Gasteiger partial charge < -0.3 is 15.6 Å². The van der Waals surface area contributed by atoms with Crippen LogP contribution in [0.3, 0.4) is 0 Å². The Balaban J connectivity index is 2.60. The van der Waals surface area contributed by atoms with E-state index < -0.39 is 12.0 Å². The van der Waals surface area contributed by atoms with Gasteiger partial charge in [-0.3, -0.25) is 4.79 Å². The Bertz CT molecular complexity index is 208. The minimum Gasteiger partial charge on any atom is -0.480 e. The number of nitrogens with two attached hydrogens (primary N) is 1. The van der Waals surface area contributed by atoms with Gasteiger partial charge >= 0.3 is 5.97 Å². The van der Waals surface area contributed by atoms with E-state index in [-0.39, 0.29) is 18.1 Å². The van der Waals surface area contributed by atoms with Gasteiger partial charge in [-0.2, -0.15) is 0 Å². The van der Waals surface area contributed by atoms with Crippen molar-refractivity contribution in [3.8, 4) is 0 Å². The first-order valence-corrected chi connectivity index (χ1v) is 5.72. The topological polar surface area (TPSA) is 72.6 Å². The molecular formula is C11H21NO3. The Morgan fingerprint density at radius 1 is 1.40 bits per heavy atom. The van der Waals surface area contributed by atoms with Gasteiger partial charge in [0.15, 0.2) is 0 Å². The van der Waals surface area contributed by atoms with E-state index in [1.807, 2.05) is 0 Å². The summed E-state index contributed by atoms with van der Waals surface area (Å²) in [5, 5.41) is 8.89. The molecule has 3 N–H and O–H groups in total. The number of rotatable bonds is 4. The molecule has 0 saturated carbocycles. The quantitative estimate of drug-likeness (QED) is 0.743. The van der Waals surface area contributed by atoms with Crippen LogP contribution in [0.2, 0.25) is 0 Å². The van der Waals surface area contributed by atoms with Crippen LogP contribution < -0.4 is 5.73 Å². The van der Waals surface area contributed by atoms with E-state index in [2.05, 4.69) is 13.8 Å². The van der Waals surface area contributed by atoms with E-state index in [0.29, 0.717) is 0 Å². The van der Waals surface area contributed by atoms with E-state index in [4.69, 9.17) is 15.6 Å². The molecule has 88 valence electrons. The van der Waals surface area contributed by atoms with Crippen LogP contribution in [-0.4, -0.2) is 29.3 Å². The standard InChI is InChI=1S/C11H21NO3/c1-3-8-5-7(10(12)11(13)14)6-9(4-2)15-8/h7-10H,3-6,12H2,1-2H3,(H,13,14). The largest absolute Gasteiger partial charge is 0.480 e. The van der Waals surface area contributed by atoms with Crippen molar-refractivity contribution in [3.05, 3.63) is 0 Å².